The van der Waals surface area contributed by atoms with Crippen LogP contribution in [0.5, 0.6) is 0 Å². The molecule has 0 saturated heterocycles. The van der Waals surface area contributed by atoms with E-state index >= 15 is 0 Å². The van der Waals surface area contributed by atoms with Gasteiger partial charge in [-0.25, -0.2) is 18.1 Å². The van der Waals surface area contributed by atoms with Gasteiger partial charge in [0.1, 0.15) is 5.82 Å². The molecule has 0 saturated carbocycles. The molecule has 1 aromatic heterocycles. The molecule has 7 nitrogen and oxygen atoms in total. The summed E-state index contributed by atoms with van der Waals surface area (Å²) in [6.07, 6.45) is 2.90. The molecule has 1 atom stereocenters. The van der Waals surface area contributed by atoms with E-state index in [4.69, 9.17) is 5.11 Å². The maximum Gasteiger partial charge on any atom is 0.303 e. The zero-order valence-corrected chi connectivity index (χ0v) is 13.5. The Hall–Kier alpha value is -1.41. The Labute approximate surface area is 125 Å². The zero-order chi connectivity index (χ0) is 16.0. The lowest BCUT2D eigenvalue weighted by Gasteiger charge is -2.10. The highest BCUT2D eigenvalue weighted by atomic mass is 32.2. The zero-order valence-electron chi connectivity index (χ0n) is 12.7. The number of aryl methyl sites for hydroxylation is 2. The monoisotopic (exact) mass is 317 g/mol. The number of nitrogens with zero attached hydrogens (tertiary/aromatic N) is 2. The minimum absolute atomic E-state index is 0.0129. The number of nitrogens with one attached hydrogen (secondary N) is 1. The topological polar surface area (TPSA) is 101 Å². The second kappa shape index (κ2) is 7.56. The fourth-order valence-corrected chi connectivity index (χ4v) is 3.04. The molecule has 0 spiro atoms. The fourth-order valence-electron chi connectivity index (χ4n) is 1.87. The number of imidazole rings is 1. The smallest absolute Gasteiger partial charge is 0.303 e. The van der Waals surface area contributed by atoms with Gasteiger partial charge in [-0.05, 0) is 25.7 Å². The number of aromatic nitrogens is 2. The van der Waals surface area contributed by atoms with Gasteiger partial charge in [0, 0.05) is 25.7 Å². The summed E-state index contributed by atoms with van der Waals surface area (Å²) < 4.78 is 28.6. The van der Waals surface area contributed by atoms with E-state index in [9.17, 15) is 13.2 Å². The largest absolute Gasteiger partial charge is 0.481 e. The van der Waals surface area contributed by atoms with Crippen molar-refractivity contribution in [3.05, 3.63) is 12.0 Å². The van der Waals surface area contributed by atoms with Crippen LogP contribution in [0.15, 0.2) is 11.2 Å². The summed E-state index contributed by atoms with van der Waals surface area (Å²) in [5, 5.41) is 8.61. The van der Waals surface area contributed by atoms with Crippen molar-refractivity contribution in [3.8, 4) is 0 Å². The van der Waals surface area contributed by atoms with E-state index in [1.807, 2.05) is 18.4 Å². The average Bonchev–Trinajstić information content (AvgIpc) is 2.77. The summed E-state index contributed by atoms with van der Waals surface area (Å²) in [7, 11) is -3.64. The molecular formula is C13H23N3O4S. The molecule has 2 N–H and O–H groups in total. The molecule has 0 aromatic carbocycles. The van der Waals surface area contributed by atoms with E-state index in [-0.39, 0.29) is 23.9 Å². The Morgan fingerprint density at radius 3 is 2.76 bits per heavy atom. The second-order valence-corrected chi connectivity index (χ2v) is 6.92. The Morgan fingerprint density at radius 2 is 2.19 bits per heavy atom. The van der Waals surface area contributed by atoms with Crippen molar-refractivity contribution >= 4 is 16.0 Å². The quantitative estimate of drug-likeness (QED) is 0.716. The second-order valence-electron chi connectivity index (χ2n) is 5.21. The van der Waals surface area contributed by atoms with Crippen LogP contribution in [-0.4, -0.2) is 35.6 Å². The minimum atomic E-state index is -3.64. The molecule has 1 unspecified atom stereocenters. The molecule has 0 amide bonds. The number of sulfonamides is 1. The summed E-state index contributed by atoms with van der Waals surface area (Å²) in [6.45, 7) is 6.52. The summed E-state index contributed by atoms with van der Waals surface area (Å²) in [5.74, 6) is -0.260. The Morgan fingerprint density at radius 1 is 1.52 bits per heavy atom. The third-order valence-corrected chi connectivity index (χ3v) is 4.46. The van der Waals surface area contributed by atoms with Gasteiger partial charge in [0.15, 0.2) is 5.03 Å². The summed E-state index contributed by atoms with van der Waals surface area (Å²) in [6, 6.07) is 0. The predicted octanol–water partition coefficient (Wildman–Crippen LogP) is 1.38. The first-order valence-electron chi connectivity index (χ1n) is 7.01. The molecule has 0 bridgehead atoms. The predicted molar refractivity (Wildman–Crippen MR) is 78.5 cm³/mol. The molecule has 21 heavy (non-hydrogen) atoms. The third-order valence-electron chi connectivity index (χ3n) is 3.17. The van der Waals surface area contributed by atoms with E-state index < -0.39 is 16.0 Å². The number of aliphatic carboxylic acids is 1. The molecule has 8 heteroatoms. The Balaban J connectivity index is 2.65. The van der Waals surface area contributed by atoms with Crippen LogP contribution < -0.4 is 4.72 Å². The van der Waals surface area contributed by atoms with Crippen molar-refractivity contribution < 1.29 is 18.3 Å². The van der Waals surface area contributed by atoms with Gasteiger partial charge in [0.25, 0.3) is 10.0 Å². The van der Waals surface area contributed by atoms with Gasteiger partial charge >= 0.3 is 5.97 Å². The van der Waals surface area contributed by atoms with Gasteiger partial charge in [0.2, 0.25) is 0 Å². The van der Waals surface area contributed by atoms with Gasteiger partial charge in [-0.2, -0.15) is 0 Å². The molecule has 0 radical (unpaired) electrons. The number of hydrogen-bond donors (Lipinski definition) is 2. The molecule has 0 aliphatic heterocycles. The highest BCUT2D eigenvalue weighted by molar-refractivity contribution is 7.89. The van der Waals surface area contributed by atoms with Crippen LogP contribution in [-0.2, 0) is 21.4 Å². The van der Waals surface area contributed by atoms with Crippen LogP contribution >= 0.6 is 0 Å². The van der Waals surface area contributed by atoms with Gasteiger partial charge in [-0.15, -0.1) is 0 Å². The maximum atomic E-state index is 12.1. The molecule has 1 rings (SSSR count). The van der Waals surface area contributed by atoms with Crippen molar-refractivity contribution in [2.24, 2.45) is 5.92 Å². The first-order chi connectivity index (χ1) is 9.76. The normalized spacial score (nSPS) is 13.3. The summed E-state index contributed by atoms with van der Waals surface area (Å²) in [5.41, 5.74) is 0. The molecule has 0 fully saturated rings. The molecular weight excluding hydrogens is 294 g/mol. The van der Waals surface area contributed by atoms with Gasteiger partial charge < -0.3 is 9.67 Å². The van der Waals surface area contributed by atoms with E-state index in [0.29, 0.717) is 12.2 Å². The fraction of sp³-hybridized carbons (Fsp3) is 0.692. The van der Waals surface area contributed by atoms with Crippen LogP contribution in [0.2, 0.25) is 0 Å². The molecule has 120 valence electrons. The van der Waals surface area contributed by atoms with Crippen molar-refractivity contribution in [3.63, 3.8) is 0 Å². The lowest BCUT2D eigenvalue weighted by atomic mass is 10.1. The molecule has 1 aromatic rings. The van der Waals surface area contributed by atoms with Gasteiger partial charge in [0.05, 0.1) is 0 Å². The van der Waals surface area contributed by atoms with E-state index in [0.717, 1.165) is 13.0 Å². The lowest BCUT2D eigenvalue weighted by molar-refractivity contribution is -0.137. The SMILES string of the molecule is CCCn1cc(S(=O)(=O)NCC(C)CCC(=O)O)nc1C. The highest BCUT2D eigenvalue weighted by Crippen LogP contribution is 2.11. The maximum absolute atomic E-state index is 12.1. The van der Waals surface area contributed by atoms with Crippen molar-refractivity contribution in [2.45, 2.75) is 51.6 Å². The molecule has 0 aliphatic carbocycles. The van der Waals surface area contributed by atoms with Crippen LogP contribution in [0.3, 0.4) is 0 Å². The number of carboxylic acids is 1. The lowest BCUT2D eigenvalue weighted by Crippen LogP contribution is -2.29. The van der Waals surface area contributed by atoms with Gasteiger partial charge in [-0.3, -0.25) is 4.79 Å². The number of carboxylic acid groups (broad SMARTS) is 1. The summed E-state index contributed by atoms with van der Waals surface area (Å²) in [4.78, 5) is 14.5. The third kappa shape index (κ3) is 5.47. The first-order valence-corrected chi connectivity index (χ1v) is 8.49. The number of carbonyl (C=O) groups is 1. The summed E-state index contributed by atoms with van der Waals surface area (Å²) >= 11 is 0. The van der Waals surface area contributed by atoms with Gasteiger partial charge in [-0.1, -0.05) is 13.8 Å². The number of rotatable bonds is 9. The molecule has 0 aliphatic rings. The Bertz CT molecular complexity index is 580. The van der Waals surface area contributed by atoms with Crippen LogP contribution in [0.1, 0.15) is 38.9 Å². The van der Waals surface area contributed by atoms with E-state index in [1.165, 1.54) is 6.20 Å². The molecule has 1 heterocycles. The average molecular weight is 317 g/mol. The Kier molecular flexibility index (Phi) is 6.35. The van der Waals surface area contributed by atoms with Crippen molar-refractivity contribution in [1.29, 1.82) is 0 Å². The van der Waals surface area contributed by atoms with Crippen LogP contribution in [0, 0.1) is 12.8 Å². The standard InChI is InChI=1S/C13H23N3O4S/c1-4-7-16-9-12(15-11(16)3)21(19,20)14-8-10(2)5-6-13(17)18/h9-10,14H,4-8H2,1-3H3,(H,17,18). The first kappa shape index (κ1) is 17.6. The number of hydrogen-bond acceptors (Lipinski definition) is 4. The van der Waals surface area contributed by atoms with E-state index in [1.54, 1.807) is 6.92 Å². The van der Waals surface area contributed by atoms with Crippen LogP contribution in [0.4, 0.5) is 0 Å². The van der Waals surface area contributed by atoms with Crippen LogP contribution in [0.25, 0.3) is 0 Å². The van der Waals surface area contributed by atoms with Crippen molar-refractivity contribution in [1.82, 2.24) is 14.3 Å². The van der Waals surface area contributed by atoms with E-state index in [2.05, 4.69) is 9.71 Å². The minimum Gasteiger partial charge on any atom is -0.481 e. The highest BCUT2D eigenvalue weighted by Gasteiger charge is 2.19. The van der Waals surface area contributed by atoms with Crippen molar-refractivity contribution in [2.75, 3.05) is 6.54 Å².